The van der Waals surface area contributed by atoms with Gasteiger partial charge in [0.2, 0.25) is 5.95 Å². The van der Waals surface area contributed by atoms with Crippen molar-refractivity contribution in [2.45, 2.75) is 18.8 Å². The van der Waals surface area contributed by atoms with Gasteiger partial charge in [0.05, 0.1) is 5.56 Å². The molecule has 0 bridgehead atoms. The summed E-state index contributed by atoms with van der Waals surface area (Å²) in [5.74, 6) is 0.403. The van der Waals surface area contributed by atoms with E-state index in [1.807, 2.05) is 24.3 Å². The summed E-state index contributed by atoms with van der Waals surface area (Å²) in [4.78, 5) is 25.1. The van der Waals surface area contributed by atoms with E-state index in [1.165, 1.54) is 35.0 Å². The number of nitrogens with zero attached hydrogens (tertiary/aromatic N) is 5. The largest absolute Gasteiger partial charge is 0.465 e. The number of rotatable bonds is 4. The zero-order valence-corrected chi connectivity index (χ0v) is 16.5. The number of amides is 1. The molecule has 1 aromatic heterocycles. The van der Waals surface area contributed by atoms with Crippen LogP contribution in [-0.4, -0.2) is 44.1 Å². The summed E-state index contributed by atoms with van der Waals surface area (Å²) in [6.07, 6.45) is 2.10. The first-order chi connectivity index (χ1) is 15.0. The molecule has 4 rings (SSSR count). The molecule has 1 amide bonds. The van der Waals surface area contributed by atoms with Crippen LogP contribution in [0.3, 0.4) is 0 Å². The van der Waals surface area contributed by atoms with Crippen LogP contribution in [0.15, 0.2) is 48.8 Å². The lowest BCUT2D eigenvalue weighted by Gasteiger charge is -2.30. The molecule has 0 radical (unpaired) electrons. The molecule has 1 fully saturated rings. The summed E-state index contributed by atoms with van der Waals surface area (Å²) < 4.78 is 13.6. The first-order valence-electron chi connectivity index (χ1n) is 9.77. The lowest BCUT2D eigenvalue weighted by atomic mass is 9.89. The van der Waals surface area contributed by atoms with Gasteiger partial charge in [0.1, 0.15) is 18.2 Å². The molecule has 2 aromatic carbocycles. The zero-order chi connectivity index (χ0) is 21.8. The fourth-order valence-corrected chi connectivity index (χ4v) is 3.62. The normalized spacial score (nSPS) is 14.1. The van der Waals surface area contributed by atoms with E-state index in [9.17, 15) is 9.18 Å². The molecule has 1 aliphatic heterocycles. The van der Waals surface area contributed by atoms with E-state index >= 15 is 0 Å². The highest BCUT2D eigenvalue weighted by molar-refractivity contribution is 5.65. The fraction of sp³-hybridized carbons (Fsp3) is 0.227. The quantitative estimate of drug-likeness (QED) is 0.654. The van der Waals surface area contributed by atoms with Gasteiger partial charge in [-0.2, -0.15) is 10.2 Å². The van der Waals surface area contributed by atoms with E-state index in [2.05, 4.69) is 20.3 Å². The first-order valence-corrected chi connectivity index (χ1v) is 9.77. The van der Waals surface area contributed by atoms with Crippen molar-refractivity contribution in [2.24, 2.45) is 0 Å². The molecule has 0 atom stereocenters. The highest BCUT2D eigenvalue weighted by atomic mass is 19.1. The van der Waals surface area contributed by atoms with Gasteiger partial charge in [-0.15, -0.1) is 0 Å². The summed E-state index contributed by atoms with van der Waals surface area (Å²) in [6, 6.07) is 13.8. The molecule has 31 heavy (non-hydrogen) atoms. The van der Waals surface area contributed by atoms with Gasteiger partial charge in [-0.1, -0.05) is 12.1 Å². The van der Waals surface area contributed by atoms with Crippen LogP contribution in [0.1, 0.15) is 29.9 Å². The van der Waals surface area contributed by atoms with Crippen LogP contribution in [0.4, 0.5) is 20.8 Å². The number of anilines is 2. The average Bonchev–Trinajstić information content (AvgIpc) is 2.80. The molecule has 2 heterocycles. The lowest BCUT2D eigenvalue weighted by Crippen LogP contribution is -2.36. The third kappa shape index (κ3) is 4.59. The third-order valence-electron chi connectivity index (χ3n) is 5.32. The number of hydrogen-bond donors (Lipinski definition) is 2. The summed E-state index contributed by atoms with van der Waals surface area (Å²) in [5.41, 5.74) is 2.41. The minimum atomic E-state index is -0.862. The van der Waals surface area contributed by atoms with Gasteiger partial charge >= 0.3 is 6.09 Å². The van der Waals surface area contributed by atoms with Gasteiger partial charge in [0, 0.05) is 24.3 Å². The Hall–Kier alpha value is -4.06. The van der Waals surface area contributed by atoms with Crippen LogP contribution in [0.2, 0.25) is 0 Å². The maximum absolute atomic E-state index is 13.6. The highest BCUT2D eigenvalue weighted by Gasteiger charge is 2.23. The Morgan fingerprint density at radius 3 is 2.58 bits per heavy atom. The van der Waals surface area contributed by atoms with Gasteiger partial charge in [-0.25, -0.2) is 19.2 Å². The summed E-state index contributed by atoms with van der Waals surface area (Å²) in [6.45, 7) is 1.09. The molecule has 0 spiro atoms. The Bertz CT molecular complexity index is 1140. The van der Waals surface area contributed by atoms with Crippen molar-refractivity contribution in [3.05, 3.63) is 65.7 Å². The van der Waals surface area contributed by atoms with Gasteiger partial charge in [-0.05, 0) is 54.7 Å². The molecular formula is C22H19FN6O2. The van der Waals surface area contributed by atoms with Crippen LogP contribution in [0.5, 0.6) is 0 Å². The predicted octanol–water partition coefficient (Wildman–Crippen LogP) is 4.15. The second kappa shape index (κ2) is 8.75. The SMILES string of the molecule is N#Cc1cc(-c2ncnc(Nc3ccc(C4CCN(C(=O)O)CC4)cc3)n2)ccc1F. The fourth-order valence-electron chi connectivity index (χ4n) is 3.62. The minimum absolute atomic E-state index is 0.0720. The van der Waals surface area contributed by atoms with Crippen molar-refractivity contribution in [1.29, 1.82) is 5.26 Å². The molecule has 156 valence electrons. The second-order valence-electron chi connectivity index (χ2n) is 7.23. The Morgan fingerprint density at radius 1 is 1.16 bits per heavy atom. The molecule has 0 saturated carbocycles. The van der Waals surface area contributed by atoms with Gasteiger partial charge in [-0.3, -0.25) is 0 Å². The van der Waals surface area contributed by atoms with Crippen LogP contribution < -0.4 is 5.32 Å². The molecule has 0 aliphatic carbocycles. The molecule has 2 N–H and O–H groups in total. The molecule has 9 heteroatoms. The molecule has 1 saturated heterocycles. The van der Waals surface area contributed by atoms with Crippen molar-refractivity contribution in [3.63, 3.8) is 0 Å². The van der Waals surface area contributed by atoms with E-state index in [0.717, 1.165) is 18.5 Å². The summed E-state index contributed by atoms with van der Waals surface area (Å²) in [5, 5.41) is 21.2. The van der Waals surface area contributed by atoms with Gasteiger partial charge in [0.25, 0.3) is 0 Å². The molecule has 0 unspecified atom stereocenters. The van der Waals surface area contributed by atoms with Crippen LogP contribution in [0.25, 0.3) is 11.4 Å². The topological polar surface area (TPSA) is 115 Å². The number of benzene rings is 2. The number of piperidine rings is 1. The van der Waals surface area contributed by atoms with E-state index < -0.39 is 11.9 Å². The Labute approximate surface area is 178 Å². The molecular weight excluding hydrogens is 399 g/mol. The Balaban J connectivity index is 1.45. The summed E-state index contributed by atoms with van der Waals surface area (Å²) >= 11 is 0. The van der Waals surface area contributed by atoms with Crippen molar-refractivity contribution in [2.75, 3.05) is 18.4 Å². The van der Waals surface area contributed by atoms with Crippen LogP contribution in [0, 0.1) is 17.1 Å². The van der Waals surface area contributed by atoms with Gasteiger partial charge in [0.15, 0.2) is 5.82 Å². The molecule has 8 nitrogen and oxygen atoms in total. The molecule has 1 aliphatic rings. The maximum Gasteiger partial charge on any atom is 0.407 e. The Morgan fingerprint density at radius 2 is 1.90 bits per heavy atom. The highest BCUT2D eigenvalue weighted by Crippen LogP contribution is 2.29. The minimum Gasteiger partial charge on any atom is -0.465 e. The molecule has 3 aromatic rings. The number of carboxylic acid groups (broad SMARTS) is 1. The van der Waals surface area contributed by atoms with Crippen LogP contribution in [-0.2, 0) is 0 Å². The average molecular weight is 418 g/mol. The van der Waals surface area contributed by atoms with E-state index in [-0.39, 0.29) is 5.56 Å². The number of nitrogens with one attached hydrogen (secondary N) is 1. The summed E-state index contributed by atoms with van der Waals surface area (Å²) in [7, 11) is 0. The van der Waals surface area contributed by atoms with E-state index in [4.69, 9.17) is 10.4 Å². The second-order valence-corrected chi connectivity index (χ2v) is 7.23. The van der Waals surface area contributed by atoms with E-state index in [0.29, 0.717) is 36.3 Å². The zero-order valence-electron chi connectivity index (χ0n) is 16.5. The number of aromatic nitrogens is 3. The number of likely N-dealkylation sites (tertiary alicyclic amines) is 1. The predicted molar refractivity (Wildman–Crippen MR) is 111 cm³/mol. The third-order valence-corrected chi connectivity index (χ3v) is 5.32. The standard InChI is InChI=1S/C22H19FN6O2/c23-19-6-3-16(11-17(19)12-24)20-25-13-26-21(28-20)27-18-4-1-14(2-5-18)15-7-9-29(10-8-15)22(30)31/h1-6,11,13,15H,7-10H2,(H,30,31)(H,25,26,27,28). The maximum atomic E-state index is 13.6. The number of halogens is 1. The van der Waals surface area contributed by atoms with Crippen molar-refractivity contribution in [1.82, 2.24) is 19.9 Å². The smallest absolute Gasteiger partial charge is 0.407 e. The number of nitriles is 1. The van der Waals surface area contributed by atoms with Gasteiger partial charge < -0.3 is 15.3 Å². The van der Waals surface area contributed by atoms with Crippen molar-refractivity contribution in [3.8, 4) is 17.5 Å². The number of hydrogen-bond acceptors (Lipinski definition) is 6. The van der Waals surface area contributed by atoms with Crippen molar-refractivity contribution >= 4 is 17.7 Å². The van der Waals surface area contributed by atoms with E-state index in [1.54, 1.807) is 6.07 Å². The Kier molecular flexibility index (Phi) is 5.71. The number of carbonyl (C=O) groups is 1. The monoisotopic (exact) mass is 418 g/mol. The van der Waals surface area contributed by atoms with Crippen molar-refractivity contribution < 1.29 is 14.3 Å². The lowest BCUT2D eigenvalue weighted by molar-refractivity contribution is 0.132. The van der Waals surface area contributed by atoms with Crippen LogP contribution >= 0.6 is 0 Å². The first kappa shape index (κ1) is 20.2.